The molecule has 1 N–H and O–H groups in total. The van der Waals surface area contributed by atoms with E-state index in [2.05, 4.69) is 68.9 Å². The highest BCUT2D eigenvalue weighted by Crippen LogP contribution is 2.21. The van der Waals surface area contributed by atoms with E-state index in [0.29, 0.717) is 19.0 Å². The van der Waals surface area contributed by atoms with Crippen LogP contribution in [0, 0.1) is 5.92 Å². The Hall–Kier alpha value is -1.76. The molecule has 0 spiro atoms. The van der Waals surface area contributed by atoms with Gasteiger partial charge in [-0.2, -0.15) is 0 Å². The molecule has 33 heavy (non-hydrogen) atoms. The normalized spacial score (nSPS) is 23.6. The van der Waals surface area contributed by atoms with E-state index in [0.717, 1.165) is 45.3 Å². The largest absolute Gasteiger partial charge is 0.331 e. The van der Waals surface area contributed by atoms with Gasteiger partial charge in [0.1, 0.15) is 6.04 Å². The van der Waals surface area contributed by atoms with Crippen molar-refractivity contribution in [2.75, 3.05) is 34.0 Å². The van der Waals surface area contributed by atoms with Gasteiger partial charge in [-0.25, -0.2) is 0 Å². The van der Waals surface area contributed by atoms with Crippen LogP contribution in [0.2, 0.25) is 0 Å². The summed E-state index contributed by atoms with van der Waals surface area (Å²) in [6.45, 7) is 12.9. The molecule has 2 atom stereocenters. The minimum absolute atomic E-state index is 0.0990. The Morgan fingerprint density at radius 2 is 1.73 bits per heavy atom. The van der Waals surface area contributed by atoms with Gasteiger partial charge in [-0.15, -0.1) is 0 Å². The van der Waals surface area contributed by atoms with Crippen molar-refractivity contribution in [3.05, 3.63) is 34.9 Å². The highest BCUT2D eigenvalue weighted by Gasteiger charge is 2.45. The van der Waals surface area contributed by atoms with Gasteiger partial charge in [0.25, 0.3) is 0 Å². The third-order valence-corrected chi connectivity index (χ3v) is 6.60. The Bertz CT molecular complexity index is 768. The summed E-state index contributed by atoms with van der Waals surface area (Å²) in [5.74, 6) is 0.887. The topological polar surface area (TPSA) is 55.9 Å². The molecule has 2 aliphatic heterocycles. The number of amides is 1. The lowest BCUT2D eigenvalue weighted by molar-refractivity contribution is -0.144. The molecule has 2 aliphatic rings. The molecule has 2 rings (SSSR count). The molecule has 6 heteroatoms. The predicted molar refractivity (Wildman–Crippen MR) is 137 cm³/mol. The maximum absolute atomic E-state index is 12.6. The Morgan fingerprint density at radius 3 is 2.42 bits per heavy atom. The molecular weight excluding hydrogens is 412 g/mol. The molecule has 0 bridgehead atoms. The number of ketones is 1. The number of fused-ring (bicyclic) bond motifs is 1. The average Bonchev–Trinajstić information content (AvgIpc) is 3.14. The Balaban J connectivity index is 1.71. The van der Waals surface area contributed by atoms with Gasteiger partial charge in [-0.3, -0.25) is 24.7 Å². The number of nitrogens with one attached hydrogen (secondary N) is 1. The van der Waals surface area contributed by atoms with Crippen LogP contribution in [0.25, 0.3) is 0 Å². The fourth-order valence-electron chi connectivity index (χ4n) is 4.68. The fraction of sp³-hybridized carbons (Fsp3) is 0.704. The van der Waals surface area contributed by atoms with E-state index in [1.165, 1.54) is 16.7 Å². The van der Waals surface area contributed by atoms with E-state index in [1.807, 2.05) is 18.0 Å². The van der Waals surface area contributed by atoms with Crippen molar-refractivity contribution in [2.45, 2.75) is 85.4 Å². The number of hydrogen-bond acceptors (Lipinski definition) is 5. The Kier molecular flexibility index (Phi) is 11.0. The molecule has 0 aliphatic carbocycles. The molecule has 0 saturated carbocycles. The maximum atomic E-state index is 12.6. The van der Waals surface area contributed by atoms with Gasteiger partial charge in [0.2, 0.25) is 5.91 Å². The molecule has 0 aromatic carbocycles. The van der Waals surface area contributed by atoms with Crippen LogP contribution in [0.5, 0.6) is 0 Å². The van der Waals surface area contributed by atoms with E-state index >= 15 is 0 Å². The summed E-state index contributed by atoms with van der Waals surface area (Å²) in [6.07, 6.45) is 12.5. The number of likely N-dealkylation sites (N-methyl/N-ethyl adjacent to an activating group) is 2. The molecule has 0 aromatic heterocycles. The lowest BCUT2D eigenvalue weighted by Crippen LogP contribution is -2.62. The number of rotatable bonds is 12. The van der Waals surface area contributed by atoms with Gasteiger partial charge >= 0.3 is 0 Å². The highest BCUT2D eigenvalue weighted by molar-refractivity contribution is 5.90. The van der Waals surface area contributed by atoms with Crippen LogP contribution >= 0.6 is 0 Å². The fourth-order valence-corrected chi connectivity index (χ4v) is 4.68. The molecule has 2 fully saturated rings. The van der Waals surface area contributed by atoms with E-state index < -0.39 is 0 Å². The molecular formula is C27H46N4O2. The summed E-state index contributed by atoms with van der Waals surface area (Å²) in [5, 5.41) is 3.48. The van der Waals surface area contributed by atoms with Crippen LogP contribution in [0.15, 0.2) is 34.9 Å². The zero-order chi connectivity index (χ0) is 24.5. The van der Waals surface area contributed by atoms with Crippen LogP contribution in [0.4, 0.5) is 0 Å². The first-order valence-electron chi connectivity index (χ1n) is 12.5. The van der Waals surface area contributed by atoms with Crippen LogP contribution < -0.4 is 5.32 Å². The Morgan fingerprint density at radius 1 is 1.06 bits per heavy atom. The maximum Gasteiger partial charge on any atom is 0.243 e. The van der Waals surface area contributed by atoms with Crippen LogP contribution in [0.3, 0.4) is 0 Å². The third kappa shape index (κ3) is 8.84. The first kappa shape index (κ1) is 27.5. The molecule has 2 unspecified atom stereocenters. The smallest absolute Gasteiger partial charge is 0.243 e. The summed E-state index contributed by atoms with van der Waals surface area (Å²) < 4.78 is 0. The van der Waals surface area contributed by atoms with Crippen molar-refractivity contribution in [2.24, 2.45) is 5.92 Å². The van der Waals surface area contributed by atoms with Crippen LogP contribution in [0.1, 0.15) is 73.1 Å². The first-order chi connectivity index (χ1) is 15.6. The lowest BCUT2D eigenvalue weighted by atomic mass is 10.0. The SMILES string of the molecule is CC(=CCN1CNC2C1C(=O)N(C)CN2C)CCC=C(C)CCCC(C)=CC(=O)CC(C)C. The zero-order valence-corrected chi connectivity index (χ0v) is 22.0. The number of carbonyl (C=O) groups is 2. The molecule has 2 saturated heterocycles. The summed E-state index contributed by atoms with van der Waals surface area (Å²) in [6, 6.07) is -0.0990. The van der Waals surface area contributed by atoms with E-state index in [9.17, 15) is 9.59 Å². The summed E-state index contributed by atoms with van der Waals surface area (Å²) >= 11 is 0. The monoisotopic (exact) mass is 458 g/mol. The molecule has 2 heterocycles. The van der Waals surface area contributed by atoms with Crippen molar-refractivity contribution in [3.8, 4) is 0 Å². The highest BCUT2D eigenvalue weighted by atomic mass is 16.2. The first-order valence-corrected chi connectivity index (χ1v) is 12.5. The van der Waals surface area contributed by atoms with Gasteiger partial charge in [0.15, 0.2) is 5.78 Å². The minimum Gasteiger partial charge on any atom is -0.331 e. The summed E-state index contributed by atoms with van der Waals surface area (Å²) in [4.78, 5) is 30.8. The summed E-state index contributed by atoms with van der Waals surface area (Å²) in [7, 11) is 3.95. The second kappa shape index (κ2) is 13.2. The predicted octanol–water partition coefficient (Wildman–Crippen LogP) is 4.31. The van der Waals surface area contributed by atoms with E-state index in [1.54, 1.807) is 0 Å². The number of nitrogens with zero attached hydrogens (tertiary/aromatic N) is 3. The van der Waals surface area contributed by atoms with Crippen molar-refractivity contribution >= 4 is 11.7 Å². The van der Waals surface area contributed by atoms with Crippen LogP contribution in [-0.2, 0) is 9.59 Å². The molecule has 6 nitrogen and oxygen atoms in total. The van der Waals surface area contributed by atoms with Gasteiger partial charge in [-0.1, -0.05) is 42.7 Å². The van der Waals surface area contributed by atoms with Crippen molar-refractivity contribution in [1.82, 2.24) is 20.0 Å². The van der Waals surface area contributed by atoms with Crippen molar-refractivity contribution < 1.29 is 9.59 Å². The van der Waals surface area contributed by atoms with E-state index in [4.69, 9.17) is 0 Å². The Labute approximate surface area is 201 Å². The van der Waals surface area contributed by atoms with Gasteiger partial charge in [0.05, 0.1) is 19.5 Å². The quantitative estimate of drug-likeness (QED) is 0.349. The van der Waals surface area contributed by atoms with Gasteiger partial charge < -0.3 is 4.90 Å². The summed E-state index contributed by atoms with van der Waals surface area (Å²) in [5.41, 5.74) is 3.99. The van der Waals surface area contributed by atoms with Crippen molar-refractivity contribution in [3.63, 3.8) is 0 Å². The van der Waals surface area contributed by atoms with Gasteiger partial charge in [-0.05, 0) is 71.9 Å². The zero-order valence-electron chi connectivity index (χ0n) is 22.0. The minimum atomic E-state index is -0.0990. The van der Waals surface area contributed by atoms with E-state index in [-0.39, 0.29) is 23.9 Å². The third-order valence-electron chi connectivity index (χ3n) is 6.60. The number of allylic oxidation sites excluding steroid dienone is 5. The molecule has 0 radical (unpaired) electrons. The molecule has 186 valence electrons. The lowest BCUT2D eigenvalue weighted by Gasteiger charge is -2.40. The molecule has 1 amide bonds. The second-order valence-corrected chi connectivity index (χ2v) is 10.5. The molecule has 0 aromatic rings. The van der Waals surface area contributed by atoms with Crippen LogP contribution in [-0.4, -0.2) is 72.6 Å². The number of hydrogen-bond donors (Lipinski definition) is 1. The number of carbonyl (C=O) groups excluding carboxylic acids is 2. The standard InChI is InChI=1S/C27H46N4O2/c1-20(2)16-24(32)17-23(5)13-9-11-21(3)10-8-12-22(4)14-15-31-18-28-26-25(31)27(33)30(7)19-29(26)6/h10,14,17,20,25-26,28H,8-9,11-13,15-16,18-19H2,1-7H3. The second-order valence-electron chi connectivity index (χ2n) is 10.5. The van der Waals surface area contributed by atoms with Crippen molar-refractivity contribution in [1.29, 1.82) is 0 Å². The van der Waals surface area contributed by atoms with Gasteiger partial charge in [0, 0.05) is 20.0 Å². The average molecular weight is 459 g/mol.